The van der Waals surface area contributed by atoms with Gasteiger partial charge in [-0.25, -0.2) is 0 Å². The first-order valence-corrected chi connectivity index (χ1v) is 9.55. The van der Waals surface area contributed by atoms with Gasteiger partial charge in [-0.3, -0.25) is 9.59 Å². The fourth-order valence-corrected chi connectivity index (χ4v) is 4.34. The third kappa shape index (κ3) is 3.58. The fraction of sp³-hybridized carbons (Fsp3) is 0.619. The first kappa shape index (κ1) is 18.0. The number of benzene rings is 1. The van der Waals surface area contributed by atoms with Gasteiger partial charge < -0.3 is 10.2 Å². The van der Waals surface area contributed by atoms with Crippen molar-refractivity contribution in [3.8, 4) is 0 Å². The van der Waals surface area contributed by atoms with Gasteiger partial charge in [0.2, 0.25) is 11.8 Å². The van der Waals surface area contributed by atoms with E-state index in [4.69, 9.17) is 0 Å². The molecule has 0 unspecified atom stereocenters. The van der Waals surface area contributed by atoms with Gasteiger partial charge in [0.05, 0.1) is 5.92 Å². The Morgan fingerprint density at radius 1 is 1.20 bits per heavy atom. The largest absolute Gasteiger partial charge is 0.339 e. The van der Waals surface area contributed by atoms with Crippen molar-refractivity contribution < 1.29 is 9.59 Å². The fourth-order valence-electron chi connectivity index (χ4n) is 4.34. The lowest BCUT2D eigenvalue weighted by Crippen LogP contribution is -2.45. The third-order valence-electron chi connectivity index (χ3n) is 6.46. The van der Waals surface area contributed by atoms with Gasteiger partial charge in [0.1, 0.15) is 0 Å². The third-order valence-corrected chi connectivity index (χ3v) is 6.46. The highest BCUT2D eigenvalue weighted by Crippen LogP contribution is 2.36. The van der Waals surface area contributed by atoms with E-state index < -0.39 is 0 Å². The maximum absolute atomic E-state index is 12.7. The highest BCUT2D eigenvalue weighted by atomic mass is 16.2. The summed E-state index contributed by atoms with van der Waals surface area (Å²) in [7, 11) is 0. The van der Waals surface area contributed by atoms with Gasteiger partial charge in [0.15, 0.2) is 0 Å². The number of nitrogens with zero attached hydrogens (tertiary/aromatic N) is 1. The summed E-state index contributed by atoms with van der Waals surface area (Å²) in [6.45, 7) is 9.16. The molecule has 1 aromatic carbocycles. The van der Waals surface area contributed by atoms with Crippen molar-refractivity contribution >= 4 is 17.5 Å². The highest BCUT2D eigenvalue weighted by Gasteiger charge is 2.41. The van der Waals surface area contributed by atoms with E-state index in [0.29, 0.717) is 30.8 Å². The molecule has 0 radical (unpaired) electrons. The Kier molecular flexibility index (Phi) is 5.16. The van der Waals surface area contributed by atoms with Crippen LogP contribution in [0.3, 0.4) is 0 Å². The zero-order valence-corrected chi connectivity index (χ0v) is 15.8. The molecule has 1 heterocycles. The van der Waals surface area contributed by atoms with Crippen LogP contribution < -0.4 is 5.32 Å². The van der Waals surface area contributed by atoms with Crippen molar-refractivity contribution in [2.75, 3.05) is 11.9 Å². The molecule has 1 saturated heterocycles. The van der Waals surface area contributed by atoms with E-state index in [2.05, 4.69) is 19.2 Å². The zero-order chi connectivity index (χ0) is 18.1. The smallest absolute Gasteiger partial charge is 0.229 e. The summed E-state index contributed by atoms with van der Waals surface area (Å²) >= 11 is 0. The Balaban J connectivity index is 1.67. The summed E-state index contributed by atoms with van der Waals surface area (Å²) in [5, 5.41) is 3.04. The van der Waals surface area contributed by atoms with E-state index in [1.165, 1.54) is 12.8 Å². The van der Waals surface area contributed by atoms with Crippen LogP contribution in [0.15, 0.2) is 18.2 Å². The molecule has 0 spiro atoms. The maximum atomic E-state index is 12.7. The quantitative estimate of drug-likeness (QED) is 0.905. The molecule has 136 valence electrons. The average molecular weight is 342 g/mol. The number of carbonyl (C=O) groups is 2. The Morgan fingerprint density at radius 2 is 1.96 bits per heavy atom. The van der Waals surface area contributed by atoms with E-state index in [1.807, 2.05) is 36.9 Å². The van der Waals surface area contributed by atoms with Gasteiger partial charge in [-0.1, -0.05) is 38.8 Å². The number of nitrogens with one attached hydrogen (secondary N) is 1. The summed E-state index contributed by atoms with van der Waals surface area (Å²) in [5.41, 5.74) is 3.11. The molecule has 2 aliphatic rings. The number of likely N-dealkylation sites (tertiary alicyclic amines) is 1. The minimum atomic E-state index is -0.239. The second kappa shape index (κ2) is 7.19. The predicted octanol–water partition coefficient (Wildman–Crippen LogP) is 3.92. The van der Waals surface area contributed by atoms with Crippen LogP contribution in [0.1, 0.15) is 50.7 Å². The van der Waals surface area contributed by atoms with Crippen LogP contribution in [0.5, 0.6) is 0 Å². The second-order valence-electron chi connectivity index (χ2n) is 8.02. The molecule has 1 aromatic rings. The highest BCUT2D eigenvalue weighted by molar-refractivity contribution is 5.97. The van der Waals surface area contributed by atoms with Gasteiger partial charge in [0.25, 0.3) is 0 Å². The lowest BCUT2D eigenvalue weighted by atomic mass is 9.77. The van der Waals surface area contributed by atoms with E-state index in [1.54, 1.807) is 0 Å². The molecule has 3 rings (SSSR count). The standard InChI is InChI=1S/C21H30N2O2/c1-13-7-5-9-18(15(13)3)22-21(25)17-11-20(24)23(12-17)19-10-6-8-14(2)16(19)4/h5,7,9,14,16-17,19H,6,8,10-12H2,1-4H3,(H,22,25)/t14-,16-,17+,19+/m0/s1. The molecule has 4 heteroatoms. The second-order valence-corrected chi connectivity index (χ2v) is 8.02. The summed E-state index contributed by atoms with van der Waals surface area (Å²) in [6, 6.07) is 6.22. The number of hydrogen-bond acceptors (Lipinski definition) is 2. The molecular weight excluding hydrogens is 312 g/mol. The summed E-state index contributed by atoms with van der Waals surface area (Å²) in [5.74, 6) is 1.04. The predicted molar refractivity (Wildman–Crippen MR) is 100 cm³/mol. The number of rotatable bonds is 3. The molecule has 4 atom stereocenters. The number of aryl methyl sites for hydroxylation is 1. The topological polar surface area (TPSA) is 49.4 Å². The lowest BCUT2D eigenvalue weighted by molar-refractivity contribution is -0.131. The summed E-state index contributed by atoms with van der Waals surface area (Å²) in [6.07, 6.45) is 3.84. The molecule has 1 N–H and O–H groups in total. The van der Waals surface area contributed by atoms with Gasteiger partial charge in [-0.05, 0) is 49.3 Å². The molecule has 25 heavy (non-hydrogen) atoms. The minimum absolute atomic E-state index is 0.0268. The van der Waals surface area contributed by atoms with Crippen molar-refractivity contribution in [3.05, 3.63) is 29.3 Å². The number of amides is 2. The van der Waals surface area contributed by atoms with Crippen LogP contribution in [0.4, 0.5) is 5.69 Å². The SMILES string of the molecule is Cc1cccc(NC(=O)[C@@H]2CC(=O)N([C@@H]3CCC[C@H](C)[C@@H]3C)C2)c1C. The van der Waals surface area contributed by atoms with Crippen LogP contribution in [0.2, 0.25) is 0 Å². The molecule has 0 bridgehead atoms. The molecule has 0 aromatic heterocycles. The van der Waals surface area contributed by atoms with Gasteiger partial charge in [-0.2, -0.15) is 0 Å². The molecular formula is C21H30N2O2. The first-order chi connectivity index (χ1) is 11.9. The Hall–Kier alpha value is -1.84. The van der Waals surface area contributed by atoms with E-state index in [0.717, 1.165) is 23.2 Å². The van der Waals surface area contributed by atoms with Crippen LogP contribution in [0.25, 0.3) is 0 Å². The van der Waals surface area contributed by atoms with Crippen LogP contribution in [0, 0.1) is 31.6 Å². The van der Waals surface area contributed by atoms with Crippen molar-refractivity contribution in [2.45, 2.75) is 59.4 Å². The monoisotopic (exact) mass is 342 g/mol. The van der Waals surface area contributed by atoms with Gasteiger partial charge in [-0.15, -0.1) is 0 Å². The molecule has 2 amide bonds. The first-order valence-electron chi connectivity index (χ1n) is 9.55. The molecule has 1 aliphatic heterocycles. The Bertz CT molecular complexity index is 670. The van der Waals surface area contributed by atoms with Gasteiger partial charge >= 0.3 is 0 Å². The normalized spacial score (nSPS) is 29.8. The van der Waals surface area contributed by atoms with Crippen LogP contribution in [-0.4, -0.2) is 29.3 Å². The molecule has 1 saturated carbocycles. The van der Waals surface area contributed by atoms with Crippen molar-refractivity contribution in [1.82, 2.24) is 4.90 Å². The number of hydrogen-bond donors (Lipinski definition) is 1. The van der Waals surface area contributed by atoms with Gasteiger partial charge in [0, 0.05) is 24.7 Å². The Labute approximate surface area is 151 Å². The van der Waals surface area contributed by atoms with Crippen molar-refractivity contribution in [2.24, 2.45) is 17.8 Å². The summed E-state index contributed by atoms with van der Waals surface area (Å²) < 4.78 is 0. The molecule has 1 aliphatic carbocycles. The average Bonchev–Trinajstić information content (AvgIpc) is 2.96. The Morgan fingerprint density at radius 3 is 2.72 bits per heavy atom. The zero-order valence-electron chi connectivity index (χ0n) is 15.8. The number of carbonyl (C=O) groups excluding carboxylic acids is 2. The van der Waals surface area contributed by atoms with E-state index in [-0.39, 0.29) is 17.7 Å². The van der Waals surface area contributed by atoms with Crippen molar-refractivity contribution in [3.63, 3.8) is 0 Å². The lowest BCUT2D eigenvalue weighted by Gasteiger charge is -2.40. The molecule has 4 nitrogen and oxygen atoms in total. The minimum Gasteiger partial charge on any atom is -0.339 e. The van der Waals surface area contributed by atoms with Crippen molar-refractivity contribution in [1.29, 1.82) is 0 Å². The molecule has 2 fully saturated rings. The number of anilines is 1. The van der Waals surface area contributed by atoms with Crippen LogP contribution >= 0.6 is 0 Å². The maximum Gasteiger partial charge on any atom is 0.229 e. The van der Waals surface area contributed by atoms with Crippen LogP contribution in [-0.2, 0) is 9.59 Å². The van der Waals surface area contributed by atoms with E-state index >= 15 is 0 Å². The summed E-state index contributed by atoms with van der Waals surface area (Å²) in [4.78, 5) is 27.3. The van der Waals surface area contributed by atoms with E-state index in [9.17, 15) is 9.59 Å².